The second kappa shape index (κ2) is 5.34. The summed E-state index contributed by atoms with van der Waals surface area (Å²) in [6.45, 7) is 4.99. The van der Waals surface area contributed by atoms with Crippen molar-refractivity contribution in [2.24, 2.45) is 5.92 Å². The number of carbonyl (C=O) groups excluding carboxylic acids is 1. The van der Waals surface area contributed by atoms with E-state index in [0.29, 0.717) is 18.2 Å². The Bertz CT molecular complexity index is 396. The van der Waals surface area contributed by atoms with E-state index in [1.807, 2.05) is 0 Å². The van der Waals surface area contributed by atoms with Gasteiger partial charge in [0.1, 0.15) is 5.76 Å². The summed E-state index contributed by atoms with van der Waals surface area (Å²) in [4.78, 5) is 11.9. The SMILES string of the molecule is CC(C)CCNC(=O)c1noc2c1CCCC2. The first-order valence-electron chi connectivity index (χ1n) is 6.44. The fraction of sp³-hybridized carbons (Fsp3) is 0.692. The molecule has 0 saturated heterocycles. The zero-order valence-electron chi connectivity index (χ0n) is 10.6. The van der Waals surface area contributed by atoms with Crippen molar-refractivity contribution in [1.29, 1.82) is 0 Å². The van der Waals surface area contributed by atoms with Gasteiger partial charge < -0.3 is 9.84 Å². The van der Waals surface area contributed by atoms with Crippen LogP contribution in [-0.2, 0) is 12.8 Å². The van der Waals surface area contributed by atoms with Crippen molar-refractivity contribution in [3.63, 3.8) is 0 Å². The Labute approximate surface area is 102 Å². The van der Waals surface area contributed by atoms with E-state index < -0.39 is 0 Å². The Morgan fingerprint density at radius 1 is 1.41 bits per heavy atom. The number of hydrogen-bond donors (Lipinski definition) is 1. The van der Waals surface area contributed by atoms with E-state index in [1.165, 1.54) is 0 Å². The lowest BCUT2D eigenvalue weighted by molar-refractivity contribution is 0.0942. The molecule has 0 unspecified atom stereocenters. The van der Waals surface area contributed by atoms with E-state index in [4.69, 9.17) is 4.52 Å². The van der Waals surface area contributed by atoms with Gasteiger partial charge in [-0.3, -0.25) is 4.79 Å². The molecule has 1 aliphatic rings. The van der Waals surface area contributed by atoms with Crippen molar-refractivity contribution in [2.45, 2.75) is 46.0 Å². The molecule has 0 fully saturated rings. The number of fused-ring (bicyclic) bond motifs is 1. The highest BCUT2D eigenvalue weighted by molar-refractivity contribution is 5.93. The second-order valence-electron chi connectivity index (χ2n) is 5.08. The van der Waals surface area contributed by atoms with Crippen LogP contribution in [-0.4, -0.2) is 17.6 Å². The van der Waals surface area contributed by atoms with Gasteiger partial charge in [0, 0.05) is 18.5 Å². The van der Waals surface area contributed by atoms with Gasteiger partial charge in [-0.15, -0.1) is 0 Å². The molecule has 1 amide bonds. The fourth-order valence-corrected chi connectivity index (χ4v) is 2.12. The molecule has 4 heteroatoms. The molecule has 4 nitrogen and oxygen atoms in total. The van der Waals surface area contributed by atoms with Crippen LogP contribution >= 0.6 is 0 Å². The van der Waals surface area contributed by atoms with E-state index in [9.17, 15) is 4.79 Å². The van der Waals surface area contributed by atoms with E-state index in [-0.39, 0.29) is 5.91 Å². The largest absolute Gasteiger partial charge is 0.360 e. The normalized spacial score (nSPS) is 14.8. The highest BCUT2D eigenvalue weighted by atomic mass is 16.5. The summed E-state index contributed by atoms with van der Waals surface area (Å²) in [5.41, 5.74) is 1.53. The van der Waals surface area contributed by atoms with Gasteiger partial charge in [-0.05, 0) is 31.6 Å². The predicted molar refractivity (Wildman–Crippen MR) is 64.9 cm³/mol. The molecule has 0 spiro atoms. The summed E-state index contributed by atoms with van der Waals surface area (Å²) in [6, 6.07) is 0. The molecular formula is C13H20N2O2. The minimum atomic E-state index is -0.0856. The van der Waals surface area contributed by atoms with E-state index in [0.717, 1.165) is 43.4 Å². The van der Waals surface area contributed by atoms with Crippen molar-refractivity contribution in [3.8, 4) is 0 Å². The average Bonchev–Trinajstić information content (AvgIpc) is 2.72. The quantitative estimate of drug-likeness (QED) is 0.873. The van der Waals surface area contributed by atoms with Crippen molar-refractivity contribution in [3.05, 3.63) is 17.0 Å². The lowest BCUT2D eigenvalue weighted by atomic mass is 9.96. The summed E-state index contributed by atoms with van der Waals surface area (Å²) in [6.07, 6.45) is 5.09. The van der Waals surface area contributed by atoms with Gasteiger partial charge >= 0.3 is 0 Å². The predicted octanol–water partition coefficient (Wildman–Crippen LogP) is 2.33. The number of nitrogens with zero attached hydrogens (tertiary/aromatic N) is 1. The third kappa shape index (κ3) is 2.87. The Morgan fingerprint density at radius 2 is 2.18 bits per heavy atom. The molecule has 0 aromatic carbocycles. The average molecular weight is 236 g/mol. The van der Waals surface area contributed by atoms with Gasteiger partial charge in [0.25, 0.3) is 5.91 Å². The number of aromatic nitrogens is 1. The van der Waals surface area contributed by atoms with Gasteiger partial charge in [-0.25, -0.2) is 0 Å². The third-order valence-corrected chi connectivity index (χ3v) is 3.17. The molecule has 0 aliphatic heterocycles. The van der Waals surface area contributed by atoms with E-state index in [1.54, 1.807) is 0 Å². The Kier molecular flexibility index (Phi) is 3.82. The highest BCUT2D eigenvalue weighted by Crippen LogP contribution is 2.23. The molecule has 1 aromatic rings. The van der Waals surface area contributed by atoms with Gasteiger partial charge in [0.15, 0.2) is 5.69 Å². The Hall–Kier alpha value is -1.32. The maximum Gasteiger partial charge on any atom is 0.273 e. The lowest BCUT2D eigenvalue weighted by Crippen LogP contribution is -2.26. The van der Waals surface area contributed by atoms with Crippen molar-refractivity contribution < 1.29 is 9.32 Å². The van der Waals surface area contributed by atoms with Crippen LogP contribution in [0.4, 0.5) is 0 Å². The maximum atomic E-state index is 11.9. The minimum absolute atomic E-state index is 0.0856. The molecular weight excluding hydrogens is 216 g/mol. The van der Waals surface area contributed by atoms with E-state index >= 15 is 0 Å². The fourth-order valence-electron chi connectivity index (χ4n) is 2.12. The molecule has 17 heavy (non-hydrogen) atoms. The summed E-state index contributed by atoms with van der Waals surface area (Å²) < 4.78 is 5.22. The van der Waals surface area contributed by atoms with Crippen LogP contribution in [0.2, 0.25) is 0 Å². The molecule has 0 radical (unpaired) electrons. The van der Waals surface area contributed by atoms with Gasteiger partial charge in [0.05, 0.1) is 0 Å². The molecule has 94 valence electrons. The summed E-state index contributed by atoms with van der Waals surface area (Å²) in [7, 11) is 0. The molecule has 2 rings (SSSR count). The lowest BCUT2D eigenvalue weighted by Gasteiger charge is -2.09. The monoisotopic (exact) mass is 236 g/mol. The number of rotatable bonds is 4. The first-order chi connectivity index (χ1) is 8.18. The third-order valence-electron chi connectivity index (χ3n) is 3.17. The van der Waals surface area contributed by atoms with Crippen LogP contribution in [0.15, 0.2) is 4.52 Å². The second-order valence-corrected chi connectivity index (χ2v) is 5.08. The van der Waals surface area contributed by atoms with Crippen molar-refractivity contribution in [1.82, 2.24) is 10.5 Å². The van der Waals surface area contributed by atoms with E-state index in [2.05, 4.69) is 24.3 Å². The van der Waals surface area contributed by atoms with Crippen molar-refractivity contribution in [2.75, 3.05) is 6.54 Å². The zero-order chi connectivity index (χ0) is 12.3. The van der Waals surface area contributed by atoms with Gasteiger partial charge in [0.2, 0.25) is 0 Å². The molecule has 1 N–H and O–H groups in total. The highest BCUT2D eigenvalue weighted by Gasteiger charge is 2.23. The molecule has 0 bridgehead atoms. The van der Waals surface area contributed by atoms with Crippen LogP contribution in [0.1, 0.15) is 54.9 Å². The molecule has 1 aliphatic carbocycles. The summed E-state index contributed by atoms with van der Waals surface area (Å²) in [5, 5.41) is 6.81. The molecule has 0 saturated carbocycles. The van der Waals surface area contributed by atoms with Crippen LogP contribution in [0.25, 0.3) is 0 Å². The number of amides is 1. The smallest absolute Gasteiger partial charge is 0.273 e. The molecule has 0 atom stereocenters. The number of nitrogens with one attached hydrogen (secondary N) is 1. The molecule has 1 heterocycles. The van der Waals surface area contributed by atoms with Crippen LogP contribution in [0.5, 0.6) is 0 Å². The molecule has 1 aromatic heterocycles. The first-order valence-corrected chi connectivity index (χ1v) is 6.44. The van der Waals surface area contributed by atoms with Crippen LogP contribution in [0.3, 0.4) is 0 Å². The van der Waals surface area contributed by atoms with Crippen molar-refractivity contribution >= 4 is 5.91 Å². The summed E-state index contributed by atoms with van der Waals surface area (Å²) in [5.74, 6) is 1.42. The van der Waals surface area contributed by atoms with Crippen LogP contribution in [0, 0.1) is 5.92 Å². The van der Waals surface area contributed by atoms with Gasteiger partial charge in [-0.2, -0.15) is 0 Å². The number of aryl methyl sites for hydroxylation is 1. The van der Waals surface area contributed by atoms with Gasteiger partial charge in [-0.1, -0.05) is 19.0 Å². The number of carbonyl (C=O) groups is 1. The Morgan fingerprint density at radius 3 is 2.94 bits per heavy atom. The van der Waals surface area contributed by atoms with Crippen LogP contribution < -0.4 is 5.32 Å². The first kappa shape index (κ1) is 12.1. The summed E-state index contributed by atoms with van der Waals surface area (Å²) >= 11 is 0. The zero-order valence-corrected chi connectivity index (χ0v) is 10.6. The Balaban J connectivity index is 1.97. The number of hydrogen-bond acceptors (Lipinski definition) is 3. The standard InChI is InChI=1S/C13H20N2O2/c1-9(2)7-8-14-13(16)12-10-5-3-4-6-11(10)17-15-12/h9H,3-8H2,1-2H3,(H,14,16). The topological polar surface area (TPSA) is 55.1 Å². The minimum Gasteiger partial charge on any atom is -0.360 e. The maximum absolute atomic E-state index is 11.9.